The molecular weight excluding hydrogens is 436 g/mol. The van der Waals surface area contributed by atoms with Gasteiger partial charge in [0.2, 0.25) is 10.0 Å². The minimum atomic E-state index is -3.58. The lowest BCUT2D eigenvalue weighted by Gasteiger charge is -2.26. The second-order valence-electron chi connectivity index (χ2n) is 6.99. The summed E-state index contributed by atoms with van der Waals surface area (Å²) in [5.74, 6) is -0.272. The van der Waals surface area contributed by atoms with E-state index < -0.39 is 10.0 Å². The highest BCUT2D eigenvalue weighted by Gasteiger charge is 2.26. The van der Waals surface area contributed by atoms with Gasteiger partial charge in [0.1, 0.15) is 5.01 Å². The fourth-order valence-electron chi connectivity index (χ4n) is 3.18. The van der Waals surface area contributed by atoms with Crippen molar-refractivity contribution in [2.24, 2.45) is 0 Å². The largest absolute Gasteiger partial charge is 0.379 e. The zero-order chi connectivity index (χ0) is 21.8. The average molecular weight is 459 g/mol. The summed E-state index contributed by atoms with van der Waals surface area (Å²) >= 11 is 1.51. The van der Waals surface area contributed by atoms with E-state index in [2.05, 4.69) is 15.3 Å². The lowest BCUT2D eigenvalue weighted by Crippen LogP contribution is -2.40. The van der Waals surface area contributed by atoms with Crippen LogP contribution in [0.1, 0.15) is 20.9 Å². The van der Waals surface area contributed by atoms with Crippen LogP contribution in [0.3, 0.4) is 0 Å². The second-order valence-corrected chi connectivity index (χ2v) is 10.0. The molecule has 0 saturated carbocycles. The van der Waals surface area contributed by atoms with Crippen molar-refractivity contribution in [3.63, 3.8) is 0 Å². The number of amides is 1. The molecule has 0 radical (unpaired) electrons. The third-order valence-electron chi connectivity index (χ3n) is 4.93. The minimum Gasteiger partial charge on any atom is -0.379 e. The molecule has 0 aliphatic carbocycles. The fraction of sp³-hybridized carbons (Fsp3) is 0.286. The van der Waals surface area contributed by atoms with E-state index in [1.54, 1.807) is 12.4 Å². The number of ether oxygens (including phenoxy) is 1. The number of aryl methyl sites for hydroxylation is 1. The second kappa shape index (κ2) is 9.23. The first-order valence-electron chi connectivity index (χ1n) is 9.78. The molecule has 1 amide bonds. The number of nitrogens with one attached hydrogen (secondary N) is 1. The highest BCUT2D eigenvalue weighted by atomic mass is 32.2. The maximum atomic E-state index is 12.7. The van der Waals surface area contributed by atoms with Gasteiger partial charge >= 0.3 is 0 Å². The number of morpholine rings is 1. The van der Waals surface area contributed by atoms with Crippen molar-refractivity contribution in [2.45, 2.75) is 18.4 Å². The smallest absolute Gasteiger partial charge is 0.251 e. The topological polar surface area (TPSA) is 101 Å². The molecule has 31 heavy (non-hydrogen) atoms. The quantitative estimate of drug-likeness (QED) is 0.609. The van der Waals surface area contributed by atoms with Crippen molar-refractivity contribution in [3.8, 4) is 10.6 Å². The predicted molar refractivity (Wildman–Crippen MR) is 117 cm³/mol. The minimum absolute atomic E-state index is 0.172. The van der Waals surface area contributed by atoms with Crippen LogP contribution in [0.2, 0.25) is 0 Å². The third kappa shape index (κ3) is 4.82. The number of sulfonamides is 1. The van der Waals surface area contributed by atoms with E-state index in [0.29, 0.717) is 38.4 Å². The maximum absolute atomic E-state index is 12.7. The Morgan fingerprint density at radius 2 is 1.94 bits per heavy atom. The molecule has 162 valence electrons. The number of pyridine rings is 1. The molecule has 1 aliphatic rings. The summed E-state index contributed by atoms with van der Waals surface area (Å²) in [6, 6.07) is 9.81. The molecule has 0 bridgehead atoms. The van der Waals surface area contributed by atoms with Crippen LogP contribution in [-0.2, 0) is 21.3 Å². The van der Waals surface area contributed by atoms with Crippen molar-refractivity contribution in [3.05, 3.63) is 64.9 Å². The molecule has 8 nitrogen and oxygen atoms in total. The zero-order valence-corrected chi connectivity index (χ0v) is 18.6. The van der Waals surface area contributed by atoms with Gasteiger partial charge < -0.3 is 10.1 Å². The molecule has 4 rings (SSSR count). The lowest BCUT2D eigenvalue weighted by atomic mass is 10.2. The Hall–Kier alpha value is -2.66. The molecule has 2 aromatic heterocycles. The average Bonchev–Trinajstić information content (AvgIpc) is 3.19. The van der Waals surface area contributed by atoms with Crippen LogP contribution >= 0.6 is 11.3 Å². The molecule has 0 unspecified atom stereocenters. The lowest BCUT2D eigenvalue weighted by molar-refractivity contribution is 0.0730. The Morgan fingerprint density at radius 3 is 2.61 bits per heavy atom. The number of nitrogens with zero attached hydrogens (tertiary/aromatic N) is 3. The number of carbonyl (C=O) groups excluding carboxylic acids is 1. The molecule has 1 aromatic carbocycles. The summed E-state index contributed by atoms with van der Waals surface area (Å²) in [6.07, 6.45) is 3.47. The molecule has 3 aromatic rings. The van der Waals surface area contributed by atoms with Gasteiger partial charge in [-0.3, -0.25) is 9.78 Å². The number of carbonyl (C=O) groups is 1. The van der Waals surface area contributed by atoms with Crippen molar-refractivity contribution in [1.29, 1.82) is 0 Å². The van der Waals surface area contributed by atoms with Crippen molar-refractivity contribution < 1.29 is 17.9 Å². The molecular formula is C21H22N4O4S2. The highest BCUT2D eigenvalue weighted by molar-refractivity contribution is 7.89. The van der Waals surface area contributed by atoms with Gasteiger partial charge in [-0.15, -0.1) is 11.3 Å². The monoisotopic (exact) mass is 458 g/mol. The Kier molecular flexibility index (Phi) is 6.42. The molecule has 0 spiro atoms. The Balaban J connectivity index is 1.41. The Labute approximate surface area is 185 Å². The first kappa shape index (κ1) is 21.6. The van der Waals surface area contributed by atoms with Crippen LogP contribution in [0.4, 0.5) is 0 Å². The van der Waals surface area contributed by atoms with E-state index >= 15 is 0 Å². The van der Waals surface area contributed by atoms with E-state index in [-0.39, 0.29) is 10.8 Å². The van der Waals surface area contributed by atoms with Crippen LogP contribution < -0.4 is 5.32 Å². The van der Waals surface area contributed by atoms with E-state index in [1.807, 2.05) is 19.1 Å². The van der Waals surface area contributed by atoms with E-state index in [9.17, 15) is 13.2 Å². The number of benzene rings is 1. The van der Waals surface area contributed by atoms with Crippen LogP contribution in [0.25, 0.3) is 10.6 Å². The normalized spacial score (nSPS) is 15.0. The van der Waals surface area contributed by atoms with Gasteiger partial charge in [0, 0.05) is 41.5 Å². The molecule has 10 heteroatoms. The van der Waals surface area contributed by atoms with Gasteiger partial charge in [-0.1, -0.05) is 0 Å². The summed E-state index contributed by atoms with van der Waals surface area (Å²) in [6.45, 7) is 3.69. The van der Waals surface area contributed by atoms with Crippen molar-refractivity contribution in [1.82, 2.24) is 19.6 Å². The van der Waals surface area contributed by atoms with Crippen molar-refractivity contribution >= 4 is 27.3 Å². The van der Waals surface area contributed by atoms with Crippen LogP contribution in [0, 0.1) is 6.92 Å². The zero-order valence-electron chi connectivity index (χ0n) is 16.9. The Bertz CT molecular complexity index is 1160. The first-order chi connectivity index (χ1) is 14.9. The number of thiazole rings is 1. The molecule has 1 saturated heterocycles. The molecule has 0 atom stereocenters. The number of rotatable bonds is 6. The summed E-state index contributed by atoms with van der Waals surface area (Å²) in [4.78, 5) is 22.4. The number of aromatic nitrogens is 2. The molecule has 1 fully saturated rings. The Morgan fingerprint density at radius 1 is 1.19 bits per heavy atom. The van der Waals surface area contributed by atoms with Gasteiger partial charge in [-0.2, -0.15) is 4.31 Å². The van der Waals surface area contributed by atoms with Gasteiger partial charge in [0.25, 0.3) is 5.91 Å². The van der Waals surface area contributed by atoms with Crippen LogP contribution in [0.15, 0.2) is 53.7 Å². The first-order valence-corrected chi connectivity index (χ1v) is 12.0. The van der Waals surface area contributed by atoms with E-state index in [4.69, 9.17) is 4.74 Å². The molecule has 1 aliphatic heterocycles. The molecule has 1 N–H and O–H groups in total. The number of hydrogen-bond acceptors (Lipinski definition) is 7. The van der Waals surface area contributed by atoms with Gasteiger partial charge in [-0.25, -0.2) is 13.4 Å². The summed E-state index contributed by atoms with van der Waals surface area (Å²) in [5, 5.41) is 3.74. The van der Waals surface area contributed by atoms with Crippen LogP contribution in [0.5, 0.6) is 0 Å². The fourth-order valence-corrected chi connectivity index (χ4v) is 5.58. The van der Waals surface area contributed by atoms with E-state index in [0.717, 1.165) is 21.1 Å². The predicted octanol–water partition coefficient (Wildman–Crippen LogP) is 2.46. The molecule has 3 heterocycles. The standard InChI is InChI=1S/C21H22N4O4S2/c1-15-19(30-21(24-15)17-3-2-8-22-13-17)14-23-20(26)16-4-6-18(7-5-16)31(27,28)25-9-11-29-12-10-25/h2-8,13H,9-12,14H2,1H3,(H,23,26). The van der Waals surface area contributed by atoms with Crippen LogP contribution in [-0.4, -0.2) is 54.9 Å². The van der Waals surface area contributed by atoms with Crippen molar-refractivity contribution in [2.75, 3.05) is 26.3 Å². The highest BCUT2D eigenvalue weighted by Crippen LogP contribution is 2.27. The summed E-state index contributed by atoms with van der Waals surface area (Å²) in [7, 11) is -3.58. The maximum Gasteiger partial charge on any atom is 0.251 e. The SMILES string of the molecule is Cc1nc(-c2cccnc2)sc1CNC(=O)c1ccc(S(=O)(=O)N2CCOCC2)cc1. The van der Waals surface area contributed by atoms with Gasteiger partial charge in [0.05, 0.1) is 30.3 Å². The van der Waals surface area contributed by atoms with Gasteiger partial charge in [0.15, 0.2) is 0 Å². The third-order valence-corrected chi connectivity index (χ3v) is 8.05. The van der Waals surface area contributed by atoms with Gasteiger partial charge in [-0.05, 0) is 43.3 Å². The summed E-state index contributed by atoms with van der Waals surface area (Å²) in [5.41, 5.74) is 2.19. The number of hydrogen-bond donors (Lipinski definition) is 1. The summed E-state index contributed by atoms with van der Waals surface area (Å²) < 4.78 is 32.0. The van der Waals surface area contributed by atoms with E-state index in [1.165, 1.54) is 39.9 Å².